The van der Waals surface area contributed by atoms with Crippen molar-refractivity contribution in [3.8, 4) is 0 Å². The first-order valence-corrected chi connectivity index (χ1v) is 12.3. The summed E-state index contributed by atoms with van der Waals surface area (Å²) < 4.78 is -0.758. The van der Waals surface area contributed by atoms with Gasteiger partial charge in [0.05, 0.1) is 0 Å². The second-order valence-electron chi connectivity index (χ2n) is 9.22. The predicted molar refractivity (Wildman–Crippen MR) is 127 cm³/mol. The van der Waals surface area contributed by atoms with E-state index >= 15 is 0 Å². The molecular formula is C23H27N5O7S. The van der Waals surface area contributed by atoms with Crippen LogP contribution in [0, 0.1) is 0 Å². The van der Waals surface area contributed by atoms with Crippen molar-refractivity contribution in [3.63, 3.8) is 0 Å². The number of piperazine rings is 1. The quantitative estimate of drug-likeness (QED) is 0.345. The first-order valence-electron chi connectivity index (χ1n) is 11.5. The van der Waals surface area contributed by atoms with Crippen LogP contribution in [0.5, 0.6) is 0 Å². The molecule has 6 amide bonds. The Bertz CT molecular complexity index is 1130. The van der Waals surface area contributed by atoms with E-state index in [1.165, 1.54) is 21.6 Å². The molecule has 3 aliphatic heterocycles. The molecule has 4 atom stereocenters. The molecule has 3 heterocycles. The number of rotatable bonds is 6. The number of nitrogens with one attached hydrogen (secondary N) is 2. The molecule has 1 aromatic carbocycles. The van der Waals surface area contributed by atoms with Crippen molar-refractivity contribution in [3.05, 3.63) is 35.9 Å². The van der Waals surface area contributed by atoms with Crippen molar-refractivity contribution in [1.29, 1.82) is 0 Å². The summed E-state index contributed by atoms with van der Waals surface area (Å²) in [5.74, 6) is -4.12. The molecule has 0 radical (unpaired) electrons. The van der Waals surface area contributed by atoms with E-state index < -0.39 is 63.9 Å². The van der Waals surface area contributed by atoms with Gasteiger partial charge in [-0.05, 0) is 26.3 Å². The van der Waals surface area contributed by atoms with Gasteiger partial charge in [0.25, 0.3) is 0 Å². The number of hydrogen-bond acceptors (Lipinski definition) is 7. The lowest BCUT2D eigenvalue weighted by Crippen LogP contribution is -2.71. The number of benzene rings is 1. The van der Waals surface area contributed by atoms with E-state index in [1.54, 1.807) is 51.1 Å². The van der Waals surface area contributed by atoms with E-state index in [2.05, 4.69) is 10.6 Å². The maximum absolute atomic E-state index is 13.3. The maximum Gasteiger partial charge on any atom is 0.327 e. The zero-order valence-corrected chi connectivity index (χ0v) is 20.8. The van der Waals surface area contributed by atoms with E-state index in [0.717, 1.165) is 4.90 Å². The fourth-order valence-electron chi connectivity index (χ4n) is 4.70. The molecule has 0 aliphatic carbocycles. The Morgan fingerprint density at radius 3 is 2.39 bits per heavy atom. The summed E-state index contributed by atoms with van der Waals surface area (Å²) in [5, 5.41) is 14.2. The summed E-state index contributed by atoms with van der Waals surface area (Å²) in [6.07, 6.45) is 0. The number of amides is 6. The van der Waals surface area contributed by atoms with Gasteiger partial charge in [0.15, 0.2) is 0 Å². The monoisotopic (exact) mass is 517 g/mol. The van der Waals surface area contributed by atoms with Gasteiger partial charge in [0.2, 0.25) is 11.8 Å². The summed E-state index contributed by atoms with van der Waals surface area (Å²) in [5.41, 5.74) is 0.403. The number of carboxylic acid groups (broad SMARTS) is 1. The van der Waals surface area contributed by atoms with Crippen molar-refractivity contribution in [1.82, 2.24) is 25.3 Å². The van der Waals surface area contributed by atoms with Crippen LogP contribution in [0.1, 0.15) is 32.4 Å². The largest absolute Gasteiger partial charge is 0.480 e. The average molecular weight is 518 g/mol. The molecule has 3 aliphatic rings. The number of aliphatic carboxylic acids is 1. The SMILES string of the molecule is CCN1CCN(C(=O)NC(C(=O)N[C@@H]2C(=O)N3[C@@H]2SC(C)(C)[C@@H]3C(=O)O)c2ccccc2)C(=O)C1=O. The third-order valence-electron chi connectivity index (χ3n) is 6.57. The molecule has 36 heavy (non-hydrogen) atoms. The van der Waals surface area contributed by atoms with Crippen LogP contribution in [-0.2, 0) is 24.0 Å². The molecule has 192 valence electrons. The van der Waals surface area contributed by atoms with E-state index in [1.807, 2.05) is 0 Å². The highest BCUT2D eigenvalue weighted by Gasteiger charge is 2.64. The van der Waals surface area contributed by atoms with Crippen LogP contribution in [0.25, 0.3) is 0 Å². The number of carboxylic acids is 1. The van der Waals surface area contributed by atoms with Crippen LogP contribution in [0.2, 0.25) is 0 Å². The molecule has 12 nitrogen and oxygen atoms in total. The first-order chi connectivity index (χ1) is 17.0. The van der Waals surface area contributed by atoms with Crippen molar-refractivity contribution in [2.45, 2.75) is 49.0 Å². The van der Waals surface area contributed by atoms with Crippen LogP contribution in [0.4, 0.5) is 4.79 Å². The summed E-state index contributed by atoms with van der Waals surface area (Å²) in [6, 6.07) is 4.11. The van der Waals surface area contributed by atoms with Crippen LogP contribution < -0.4 is 10.6 Å². The fraction of sp³-hybridized carbons (Fsp3) is 0.478. The van der Waals surface area contributed by atoms with Crippen LogP contribution in [0.3, 0.4) is 0 Å². The Morgan fingerprint density at radius 2 is 1.78 bits per heavy atom. The second-order valence-corrected chi connectivity index (χ2v) is 11.0. The summed E-state index contributed by atoms with van der Waals surface area (Å²) in [4.78, 5) is 78.8. The smallest absolute Gasteiger partial charge is 0.327 e. The normalized spacial score (nSPS) is 25.7. The van der Waals surface area contributed by atoms with E-state index in [0.29, 0.717) is 12.1 Å². The fourth-order valence-corrected chi connectivity index (χ4v) is 6.32. The first kappa shape index (κ1) is 25.5. The molecule has 3 fully saturated rings. The maximum atomic E-state index is 13.3. The molecule has 0 spiro atoms. The van der Waals surface area contributed by atoms with Gasteiger partial charge in [-0.15, -0.1) is 11.8 Å². The van der Waals surface area contributed by atoms with Gasteiger partial charge in [0, 0.05) is 24.4 Å². The number of urea groups is 1. The molecule has 3 N–H and O–H groups in total. The zero-order valence-electron chi connectivity index (χ0n) is 20.0. The van der Waals surface area contributed by atoms with E-state index in [-0.39, 0.29) is 13.1 Å². The number of hydrogen-bond donors (Lipinski definition) is 3. The van der Waals surface area contributed by atoms with Crippen LogP contribution in [0.15, 0.2) is 30.3 Å². The Morgan fingerprint density at radius 1 is 1.11 bits per heavy atom. The molecule has 13 heteroatoms. The van der Waals surface area contributed by atoms with E-state index in [9.17, 15) is 33.9 Å². The number of imide groups is 1. The number of carbonyl (C=O) groups is 6. The van der Waals surface area contributed by atoms with Crippen molar-refractivity contribution in [2.24, 2.45) is 0 Å². The summed E-state index contributed by atoms with van der Waals surface area (Å²) >= 11 is 1.28. The average Bonchev–Trinajstić information content (AvgIpc) is 3.10. The Labute approximate surface area is 211 Å². The standard InChI is InChI=1S/C23H27N5O7S/c1-4-26-10-11-27(19(32)18(26)31)22(35)25-13(12-8-6-5-7-9-12)16(29)24-14-17(30)28-15(21(33)34)23(2,3)36-20(14)28/h5-9,13-15,20H,4,10-11H2,1-3H3,(H,24,29)(H,25,35)(H,33,34)/t13?,14-,15+,20-/m1/s1. The lowest BCUT2D eigenvalue weighted by atomic mass is 9.95. The van der Waals surface area contributed by atoms with Crippen LogP contribution >= 0.6 is 11.8 Å². The van der Waals surface area contributed by atoms with Gasteiger partial charge in [-0.3, -0.25) is 24.1 Å². The number of fused-ring (bicyclic) bond motifs is 1. The van der Waals surface area contributed by atoms with Gasteiger partial charge in [-0.1, -0.05) is 30.3 Å². The molecule has 0 aromatic heterocycles. The highest BCUT2D eigenvalue weighted by molar-refractivity contribution is 8.01. The summed E-state index contributed by atoms with van der Waals surface area (Å²) in [7, 11) is 0. The minimum Gasteiger partial charge on any atom is -0.480 e. The predicted octanol–water partition coefficient (Wildman–Crippen LogP) is -0.240. The minimum absolute atomic E-state index is 0.0200. The number of likely N-dealkylation sites (N-methyl/N-ethyl adjacent to an activating group) is 1. The molecule has 1 unspecified atom stereocenters. The highest BCUT2D eigenvalue weighted by Crippen LogP contribution is 2.50. The van der Waals surface area contributed by atoms with Crippen molar-refractivity contribution in [2.75, 3.05) is 19.6 Å². The van der Waals surface area contributed by atoms with Gasteiger partial charge >= 0.3 is 23.8 Å². The molecule has 1 aromatic rings. The third kappa shape index (κ3) is 4.27. The lowest BCUT2D eigenvalue weighted by Gasteiger charge is -2.44. The lowest BCUT2D eigenvalue weighted by molar-refractivity contribution is -0.161. The summed E-state index contributed by atoms with van der Waals surface area (Å²) in [6.45, 7) is 5.67. The Kier molecular flexibility index (Phi) is 6.69. The van der Waals surface area contributed by atoms with Crippen molar-refractivity contribution < 1.29 is 33.9 Å². The molecule has 4 rings (SSSR count). The molecular weight excluding hydrogens is 490 g/mol. The minimum atomic E-state index is -1.26. The van der Waals surface area contributed by atoms with E-state index in [4.69, 9.17) is 0 Å². The number of β-lactam (4-membered cyclic amide) rings is 1. The number of thioether (sulfide) groups is 1. The third-order valence-corrected chi connectivity index (χ3v) is 8.14. The highest BCUT2D eigenvalue weighted by atomic mass is 32.2. The van der Waals surface area contributed by atoms with Crippen molar-refractivity contribution >= 4 is 47.4 Å². The topological polar surface area (TPSA) is 156 Å². The Hall–Kier alpha value is -3.61. The van der Waals surface area contributed by atoms with Gasteiger partial charge in [0.1, 0.15) is 23.5 Å². The van der Waals surface area contributed by atoms with Gasteiger partial charge in [-0.2, -0.15) is 0 Å². The number of nitrogens with zero attached hydrogens (tertiary/aromatic N) is 3. The zero-order chi connectivity index (χ0) is 26.4. The molecule has 3 saturated heterocycles. The molecule has 0 bridgehead atoms. The van der Waals surface area contributed by atoms with Crippen LogP contribution in [-0.4, -0.2) is 97.3 Å². The Balaban J connectivity index is 1.51. The molecule has 0 saturated carbocycles. The van der Waals surface area contributed by atoms with Gasteiger partial charge < -0.3 is 25.5 Å². The van der Waals surface area contributed by atoms with Gasteiger partial charge in [-0.25, -0.2) is 9.59 Å². The number of carbonyl (C=O) groups excluding carboxylic acids is 5. The second kappa shape index (κ2) is 9.45.